The molecule has 5 heteroatoms. The number of piperazine rings is 1. The van der Waals surface area contributed by atoms with Crippen molar-refractivity contribution in [3.05, 3.63) is 0 Å². The summed E-state index contributed by atoms with van der Waals surface area (Å²) in [7, 11) is 0. The van der Waals surface area contributed by atoms with E-state index in [2.05, 4.69) is 22.0 Å². The molecule has 18 heavy (non-hydrogen) atoms. The van der Waals surface area contributed by atoms with Crippen molar-refractivity contribution in [2.24, 2.45) is 0 Å². The van der Waals surface area contributed by atoms with Crippen molar-refractivity contribution in [1.29, 1.82) is 0 Å². The van der Waals surface area contributed by atoms with Gasteiger partial charge in [0.2, 0.25) is 5.91 Å². The Balaban J connectivity index is 0.00000162. The number of carbonyl (C=O) groups is 1. The van der Waals surface area contributed by atoms with Crippen LogP contribution in [0.25, 0.3) is 0 Å². The Kier molecular flexibility index (Phi) is 6.97. The highest BCUT2D eigenvalue weighted by molar-refractivity contribution is 5.85. The standard InChI is InChI=1S/C13H25N3O.ClH/c1-2-7-15-8-10-16(11-9-15)13(17)12-5-3-4-6-14-12;/h12,14H,2-11H2,1H3;1H. The summed E-state index contributed by atoms with van der Waals surface area (Å²) in [6, 6.07) is 0.0986. The van der Waals surface area contributed by atoms with E-state index in [0.717, 1.165) is 39.1 Å². The first-order chi connectivity index (χ1) is 8.31. The first-order valence-electron chi connectivity index (χ1n) is 7.06. The Labute approximate surface area is 116 Å². The summed E-state index contributed by atoms with van der Waals surface area (Å²) in [5, 5.41) is 3.35. The van der Waals surface area contributed by atoms with E-state index >= 15 is 0 Å². The zero-order valence-electron chi connectivity index (χ0n) is 11.4. The number of nitrogens with one attached hydrogen (secondary N) is 1. The molecule has 1 amide bonds. The third-order valence-corrected chi connectivity index (χ3v) is 3.83. The monoisotopic (exact) mass is 275 g/mol. The summed E-state index contributed by atoms with van der Waals surface area (Å²) in [6.07, 6.45) is 4.64. The molecule has 0 aromatic carbocycles. The second kappa shape index (κ2) is 7.97. The average Bonchev–Trinajstić information content (AvgIpc) is 2.40. The zero-order valence-corrected chi connectivity index (χ0v) is 12.2. The van der Waals surface area contributed by atoms with Crippen molar-refractivity contribution in [2.75, 3.05) is 39.3 Å². The summed E-state index contributed by atoms with van der Waals surface area (Å²) < 4.78 is 0. The van der Waals surface area contributed by atoms with Gasteiger partial charge in [-0.3, -0.25) is 9.69 Å². The van der Waals surface area contributed by atoms with Crippen molar-refractivity contribution in [2.45, 2.75) is 38.6 Å². The van der Waals surface area contributed by atoms with E-state index in [1.165, 1.54) is 25.8 Å². The van der Waals surface area contributed by atoms with Crippen LogP contribution in [-0.4, -0.2) is 61.0 Å². The molecule has 2 heterocycles. The fourth-order valence-corrected chi connectivity index (χ4v) is 2.79. The van der Waals surface area contributed by atoms with Gasteiger partial charge in [-0.25, -0.2) is 0 Å². The van der Waals surface area contributed by atoms with E-state index in [1.807, 2.05) is 0 Å². The smallest absolute Gasteiger partial charge is 0.239 e. The van der Waals surface area contributed by atoms with Crippen molar-refractivity contribution >= 4 is 18.3 Å². The van der Waals surface area contributed by atoms with Crippen LogP contribution >= 0.6 is 12.4 Å². The number of halogens is 1. The molecule has 2 saturated heterocycles. The van der Waals surface area contributed by atoms with Crippen LogP contribution in [0.4, 0.5) is 0 Å². The molecule has 0 aromatic heterocycles. The minimum atomic E-state index is 0. The molecule has 0 saturated carbocycles. The summed E-state index contributed by atoms with van der Waals surface area (Å²) in [4.78, 5) is 16.8. The van der Waals surface area contributed by atoms with E-state index in [-0.39, 0.29) is 18.4 Å². The van der Waals surface area contributed by atoms with Crippen LogP contribution in [0.1, 0.15) is 32.6 Å². The second-order valence-corrected chi connectivity index (χ2v) is 5.17. The Morgan fingerprint density at radius 1 is 1.22 bits per heavy atom. The van der Waals surface area contributed by atoms with Gasteiger partial charge in [-0.15, -0.1) is 12.4 Å². The lowest BCUT2D eigenvalue weighted by atomic mass is 10.0. The minimum Gasteiger partial charge on any atom is -0.339 e. The maximum atomic E-state index is 12.3. The quantitative estimate of drug-likeness (QED) is 0.838. The molecule has 1 atom stereocenters. The van der Waals surface area contributed by atoms with Crippen LogP contribution in [0.3, 0.4) is 0 Å². The van der Waals surface area contributed by atoms with Gasteiger partial charge in [0.1, 0.15) is 0 Å². The van der Waals surface area contributed by atoms with Crippen molar-refractivity contribution < 1.29 is 4.79 Å². The van der Waals surface area contributed by atoms with E-state index < -0.39 is 0 Å². The molecule has 1 unspecified atom stereocenters. The van der Waals surface area contributed by atoms with Crippen LogP contribution in [0.15, 0.2) is 0 Å². The van der Waals surface area contributed by atoms with Gasteiger partial charge in [0, 0.05) is 26.2 Å². The normalized spacial score (nSPS) is 25.6. The highest BCUT2D eigenvalue weighted by atomic mass is 35.5. The van der Waals surface area contributed by atoms with Crippen LogP contribution in [0, 0.1) is 0 Å². The first kappa shape index (κ1) is 15.7. The molecule has 1 N–H and O–H groups in total. The Hall–Kier alpha value is -0.320. The number of rotatable bonds is 3. The molecule has 0 radical (unpaired) electrons. The lowest BCUT2D eigenvalue weighted by Crippen LogP contribution is -2.55. The lowest BCUT2D eigenvalue weighted by Gasteiger charge is -2.37. The Morgan fingerprint density at radius 2 is 1.94 bits per heavy atom. The predicted octanol–water partition coefficient (Wildman–Crippen LogP) is 1.10. The molecule has 106 valence electrons. The third-order valence-electron chi connectivity index (χ3n) is 3.83. The van der Waals surface area contributed by atoms with Gasteiger partial charge in [-0.2, -0.15) is 0 Å². The molecular formula is C13H26ClN3O. The Morgan fingerprint density at radius 3 is 2.50 bits per heavy atom. The summed E-state index contributed by atoms with van der Waals surface area (Å²) in [6.45, 7) is 8.31. The van der Waals surface area contributed by atoms with Gasteiger partial charge in [0.05, 0.1) is 6.04 Å². The molecule has 2 rings (SSSR count). The van der Waals surface area contributed by atoms with E-state index in [1.54, 1.807) is 0 Å². The number of amides is 1. The molecule has 0 spiro atoms. The van der Waals surface area contributed by atoms with Crippen molar-refractivity contribution in [3.8, 4) is 0 Å². The van der Waals surface area contributed by atoms with Crippen LogP contribution in [0.2, 0.25) is 0 Å². The fraction of sp³-hybridized carbons (Fsp3) is 0.923. The Bertz CT molecular complexity index is 249. The third kappa shape index (κ3) is 4.11. The summed E-state index contributed by atoms with van der Waals surface area (Å²) >= 11 is 0. The number of hydrogen-bond donors (Lipinski definition) is 1. The number of piperidine rings is 1. The molecule has 2 aliphatic heterocycles. The summed E-state index contributed by atoms with van der Waals surface area (Å²) in [5.74, 6) is 0.334. The van der Waals surface area contributed by atoms with Crippen LogP contribution in [0.5, 0.6) is 0 Å². The molecule has 0 bridgehead atoms. The van der Waals surface area contributed by atoms with Gasteiger partial charge >= 0.3 is 0 Å². The van der Waals surface area contributed by atoms with Gasteiger partial charge in [0.25, 0.3) is 0 Å². The SMILES string of the molecule is CCCN1CCN(C(=O)C2CCCCN2)CC1.Cl. The van der Waals surface area contributed by atoms with E-state index in [9.17, 15) is 4.79 Å². The topological polar surface area (TPSA) is 35.6 Å². The molecular weight excluding hydrogens is 250 g/mol. The largest absolute Gasteiger partial charge is 0.339 e. The molecule has 4 nitrogen and oxygen atoms in total. The number of hydrogen-bond acceptors (Lipinski definition) is 3. The lowest BCUT2D eigenvalue weighted by molar-refractivity contribution is -0.135. The van der Waals surface area contributed by atoms with E-state index in [4.69, 9.17) is 0 Å². The molecule has 2 aliphatic rings. The maximum absolute atomic E-state index is 12.3. The highest BCUT2D eigenvalue weighted by Gasteiger charge is 2.27. The van der Waals surface area contributed by atoms with Crippen LogP contribution < -0.4 is 5.32 Å². The van der Waals surface area contributed by atoms with Gasteiger partial charge in [0.15, 0.2) is 0 Å². The number of carbonyl (C=O) groups excluding carboxylic acids is 1. The van der Waals surface area contributed by atoms with Gasteiger partial charge in [-0.1, -0.05) is 13.3 Å². The highest BCUT2D eigenvalue weighted by Crippen LogP contribution is 2.11. The molecule has 0 aliphatic carbocycles. The second-order valence-electron chi connectivity index (χ2n) is 5.17. The molecule has 2 fully saturated rings. The zero-order chi connectivity index (χ0) is 12.1. The van der Waals surface area contributed by atoms with Crippen LogP contribution in [-0.2, 0) is 4.79 Å². The van der Waals surface area contributed by atoms with Gasteiger partial charge < -0.3 is 10.2 Å². The van der Waals surface area contributed by atoms with E-state index in [0.29, 0.717) is 5.91 Å². The summed E-state index contributed by atoms with van der Waals surface area (Å²) in [5.41, 5.74) is 0. The maximum Gasteiger partial charge on any atom is 0.239 e. The van der Waals surface area contributed by atoms with Gasteiger partial charge in [-0.05, 0) is 32.4 Å². The average molecular weight is 276 g/mol. The minimum absolute atomic E-state index is 0. The van der Waals surface area contributed by atoms with Crippen molar-refractivity contribution in [1.82, 2.24) is 15.1 Å². The predicted molar refractivity (Wildman–Crippen MR) is 76.2 cm³/mol. The number of nitrogens with zero attached hydrogens (tertiary/aromatic N) is 2. The van der Waals surface area contributed by atoms with Crippen molar-refractivity contribution in [3.63, 3.8) is 0 Å². The fourth-order valence-electron chi connectivity index (χ4n) is 2.79. The molecule has 0 aromatic rings. The first-order valence-corrected chi connectivity index (χ1v) is 7.06.